The Morgan fingerprint density at radius 3 is 2.00 bits per heavy atom. The molecule has 0 spiro atoms. The topological polar surface area (TPSA) is 9.23 Å². The number of hydrogen-bond donors (Lipinski definition) is 0. The summed E-state index contributed by atoms with van der Waals surface area (Å²) >= 11 is 0. The second-order valence-electron chi connectivity index (χ2n) is 8.27. The molecule has 0 bridgehead atoms. The van der Waals surface area contributed by atoms with Gasteiger partial charge in [-0.2, -0.15) is 8.78 Å². The van der Waals surface area contributed by atoms with Gasteiger partial charge in [0.2, 0.25) is 0 Å². The van der Waals surface area contributed by atoms with Gasteiger partial charge in [-0.1, -0.05) is 82.6 Å². The minimum Gasteiger partial charge on any atom is -0.378 e. The van der Waals surface area contributed by atoms with E-state index in [1.807, 2.05) is 12.1 Å². The Balaban J connectivity index is 1.52. The molecule has 1 aromatic rings. The van der Waals surface area contributed by atoms with Crippen LogP contribution in [0.15, 0.2) is 30.3 Å². The highest BCUT2D eigenvalue weighted by Gasteiger charge is 2.22. The Morgan fingerprint density at radius 1 is 0.857 bits per heavy atom. The SMILES string of the molecule is CCCCCCCCCCCOC1CCC(c2ccc(C=C(F)F)cc2)CC1. The van der Waals surface area contributed by atoms with Gasteiger partial charge in [0.25, 0.3) is 6.08 Å². The third-order valence-electron chi connectivity index (χ3n) is 5.96. The van der Waals surface area contributed by atoms with Crippen LogP contribution in [0.5, 0.6) is 0 Å². The summed E-state index contributed by atoms with van der Waals surface area (Å²) in [6.45, 7) is 3.17. The van der Waals surface area contributed by atoms with E-state index in [2.05, 4.69) is 6.92 Å². The van der Waals surface area contributed by atoms with Crippen LogP contribution in [0.1, 0.15) is 107 Å². The number of rotatable bonds is 13. The predicted molar refractivity (Wildman–Crippen MR) is 115 cm³/mol. The van der Waals surface area contributed by atoms with E-state index in [1.165, 1.54) is 63.4 Å². The summed E-state index contributed by atoms with van der Waals surface area (Å²) in [4.78, 5) is 0. The molecule has 0 aliphatic heterocycles. The highest BCUT2D eigenvalue weighted by Crippen LogP contribution is 2.34. The quantitative estimate of drug-likeness (QED) is 0.306. The molecule has 0 saturated heterocycles. The van der Waals surface area contributed by atoms with E-state index >= 15 is 0 Å². The van der Waals surface area contributed by atoms with Crippen LogP contribution >= 0.6 is 0 Å². The van der Waals surface area contributed by atoms with Crippen LogP contribution < -0.4 is 0 Å². The van der Waals surface area contributed by atoms with Crippen molar-refractivity contribution >= 4 is 6.08 Å². The van der Waals surface area contributed by atoms with Gasteiger partial charge in [-0.25, -0.2) is 0 Å². The molecule has 1 aromatic carbocycles. The zero-order chi connectivity index (χ0) is 20.0. The number of hydrogen-bond acceptors (Lipinski definition) is 1. The third kappa shape index (κ3) is 9.32. The maximum absolute atomic E-state index is 12.3. The molecule has 28 heavy (non-hydrogen) atoms. The van der Waals surface area contributed by atoms with E-state index in [9.17, 15) is 8.78 Å². The molecule has 1 aliphatic rings. The highest BCUT2D eigenvalue weighted by molar-refractivity contribution is 5.50. The number of halogens is 2. The van der Waals surface area contributed by atoms with Crippen molar-refractivity contribution in [1.29, 1.82) is 0 Å². The molecule has 0 aromatic heterocycles. The maximum Gasteiger partial charge on any atom is 0.270 e. The van der Waals surface area contributed by atoms with Crippen molar-refractivity contribution in [2.45, 2.75) is 102 Å². The second kappa shape index (κ2) is 13.9. The van der Waals surface area contributed by atoms with Gasteiger partial charge in [0.15, 0.2) is 0 Å². The Labute approximate surface area is 170 Å². The Hall–Kier alpha value is -1.22. The van der Waals surface area contributed by atoms with Crippen molar-refractivity contribution in [2.24, 2.45) is 0 Å². The van der Waals surface area contributed by atoms with Gasteiger partial charge in [-0.3, -0.25) is 0 Å². The summed E-state index contributed by atoms with van der Waals surface area (Å²) in [5.41, 5.74) is 1.84. The van der Waals surface area contributed by atoms with Gasteiger partial charge in [0.05, 0.1) is 6.10 Å². The van der Waals surface area contributed by atoms with Crippen molar-refractivity contribution in [2.75, 3.05) is 6.61 Å². The highest BCUT2D eigenvalue weighted by atomic mass is 19.3. The monoisotopic (exact) mass is 392 g/mol. The minimum atomic E-state index is -1.64. The van der Waals surface area contributed by atoms with Crippen molar-refractivity contribution in [3.8, 4) is 0 Å². The lowest BCUT2D eigenvalue weighted by Crippen LogP contribution is -2.21. The average Bonchev–Trinajstić information content (AvgIpc) is 2.70. The lowest BCUT2D eigenvalue weighted by atomic mass is 9.82. The molecular weight excluding hydrogens is 354 g/mol. The fourth-order valence-electron chi connectivity index (χ4n) is 4.22. The lowest BCUT2D eigenvalue weighted by Gasteiger charge is -2.29. The zero-order valence-corrected chi connectivity index (χ0v) is 17.6. The van der Waals surface area contributed by atoms with Crippen LogP contribution in [0, 0.1) is 0 Å². The van der Waals surface area contributed by atoms with Crippen LogP contribution in [0.2, 0.25) is 0 Å². The molecule has 0 unspecified atom stereocenters. The number of unbranched alkanes of at least 4 members (excludes halogenated alkanes) is 8. The first-order valence-corrected chi connectivity index (χ1v) is 11.4. The summed E-state index contributed by atoms with van der Waals surface area (Å²) < 4.78 is 30.7. The lowest BCUT2D eigenvalue weighted by molar-refractivity contribution is 0.0226. The van der Waals surface area contributed by atoms with Gasteiger partial charge < -0.3 is 4.74 Å². The molecule has 0 radical (unpaired) electrons. The second-order valence-corrected chi connectivity index (χ2v) is 8.27. The van der Waals surface area contributed by atoms with Crippen molar-refractivity contribution in [3.05, 3.63) is 41.5 Å². The summed E-state index contributed by atoms with van der Waals surface area (Å²) in [5.74, 6) is 0.542. The van der Waals surface area contributed by atoms with Crippen LogP contribution in [0.25, 0.3) is 6.08 Å². The standard InChI is InChI=1S/C25H38F2O/c1-2-3-4-5-6-7-8-9-10-19-28-24-17-15-23(16-18-24)22-13-11-21(12-14-22)20-25(26)27/h11-14,20,23-24H,2-10,15-19H2,1H3. The average molecular weight is 393 g/mol. The van der Waals surface area contributed by atoms with Gasteiger partial charge >= 0.3 is 0 Å². The van der Waals surface area contributed by atoms with E-state index in [4.69, 9.17) is 4.74 Å². The maximum atomic E-state index is 12.3. The molecule has 0 N–H and O–H groups in total. The summed E-state index contributed by atoms with van der Waals surface area (Å²) in [5, 5.41) is 0. The first-order chi connectivity index (χ1) is 13.7. The zero-order valence-electron chi connectivity index (χ0n) is 17.6. The molecule has 1 aliphatic carbocycles. The van der Waals surface area contributed by atoms with Crippen molar-refractivity contribution < 1.29 is 13.5 Å². The van der Waals surface area contributed by atoms with E-state index < -0.39 is 6.08 Å². The Morgan fingerprint density at radius 2 is 1.43 bits per heavy atom. The van der Waals surface area contributed by atoms with Gasteiger partial charge in [-0.15, -0.1) is 0 Å². The molecule has 1 nitrogen and oxygen atoms in total. The number of ether oxygens (including phenoxy) is 1. The van der Waals surface area contributed by atoms with Gasteiger partial charge in [-0.05, 0) is 49.1 Å². The molecule has 0 heterocycles. The minimum absolute atomic E-state index is 0.410. The third-order valence-corrected chi connectivity index (χ3v) is 5.96. The van der Waals surface area contributed by atoms with E-state index in [1.54, 1.807) is 12.1 Å². The predicted octanol–water partition coefficient (Wildman–Crippen LogP) is 8.50. The molecule has 158 valence electrons. The van der Waals surface area contributed by atoms with Crippen LogP contribution in [0.4, 0.5) is 8.78 Å². The smallest absolute Gasteiger partial charge is 0.270 e. The fourth-order valence-corrected chi connectivity index (χ4v) is 4.22. The first kappa shape index (κ1) is 23.1. The van der Waals surface area contributed by atoms with Gasteiger partial charge in [0, 0.05) is 12.7 Å². The fraction of sp³-hybridized carbons (Fsp3) is 0.680. The Bertz CT molecular complexity index is 540. The molecule has 2 rings (SSSR count). The largest absolute Gasteiger partial charge is 0.378 e. The first-order valence-electron chi connectivity index (χ1n) is 11.4. The van der Waals surface area contributed by atoms with Crippen LogP contribution in [-0.2, 0) is 4.74 Å². The molecule has 1 fully saturated rings. The summed E-state index contributed by atoms with van der Waals surface area (Å²) in [7, 11) is 0. The van der Waals surface area contributed by atoms with Crippen LogP contribution in [0.3, 0.4) is 0 Å². The molecule has 3 heteroatoms. The van der Waals surface area contributed by atoms with Crippen LogP contribution in [-0.4, -0.2) is 12.7 Å². The summed E-state index contributed by atoms with van der Waals surface area (Å²) in [6, 6.07) is 7.59. The van der Waals surface area contributed by atoms with Gasteiger partial charge in [0.1, 0.15) is 0 Å². The Kier molecular flexibility index (Phi) is 11.4. The van der Waals surface area contributed by atoms with E-state index in [-0.39, 0.29) is 0 Å². The van der Waals surface area contributed by atoms with Crippen molar-refractivity contribution in [3.63, 3.8) is 0 Å². The molecule has 0 atom stereocenters. The molecule has 1 saturated carbocycles. The molecule has 0 amide bonds. The normalized spacial score (nSPS) is 19.5. The van der Waals surface area contributed by atoms with E-state index in [0.717, 1.165) is 38.4 Å². The van der Waals surface area contributed by atoms with E-state index in [0.29, 0.717) is 17.6 Å². The number of benzene rings is 1. The summed E-state index contributed by atoms with van der Waals surface area (Å²) in [6.07, 6.45) is 16.3. The van der Waals surface area contributed by atoms with Crippen molar-refractivity contribution in [1.82, 2.24) is 0 Å². The molecular formula is C25H38F2O.